The molecule has 1 unspecified atom stereocenters. The molecule has 0 aliphatic carbocycles. The van der Waals surface area contributed by atoms with Crippen molar-refractivity contribution in [2.24, 2.45) is 0 Å². The predicted molar refractivity (Wildman–Crippen MR) is 86.6 cm³/mol. The van der Waals surface area contributed by atoms with E-state index in [1.54, 1.807) is 0 Å². The molecule has 0 radical (unpaired) electrons. The quantitative estimate of drug-likeness (QED) is 0.771. The summed E-state index contributed by atoms with van der Waals surface area (Å²) in [6, 6.07) is 8.10. The van der Waals surface area contributed by atoms with Crippen molar-refractivity contribution >= 4 is 21.8 Å². The molecule has 4 heteroatoms. The standard InChI is InChI=1S/C16H21BrN2O/c1-3-5-7-11(4-2)15-14(16(18)20-19-15)12-8-6-9-13(17)10-12/h6,8-11H,3-5,7,18H2,1-2H3. The number of nitrogens with two attached hydrogens (primary N) is 1. The van der Waals surface area contributed by atoms with Gasteiger partial charge in [-0.3, -0.25) is 0 Å². The normalized spacial score (nSPS) is 12.6. The number of hydrogen-bond acceptors (Lipinski definition) is 3. The zero-order chi connectivity index (χ0) is 14.5. The molecule has 1 aromatic carbocycles. The minimum Gasteiger partial charge on any atom is -0.367 e. The molecule has 1 heterocycles. The van der Waals surface area contributed by atoms with Crippen molar-refractivity contribution in [2.75, 3.05) is 5.73 Å². The van der Waals surface area contributed by atoms with Crippen molar-refractivity contribution < 1.29 is 4.52 Å². The molecule has 1 aromatic heterocycles. The molecule has 1 atom stereocenters. The van der Waals surface area contributed by atoms with Gasteiger partial charge in [0, 0.05) is 10.4 Å². The van der Waals surface area contributed by atoms with Gasteiger partial charge in [-0.1, -0.05) is 59.9 Å². The van der Waals surface area contributed by atoms with Crippen LogP contribution in [0, 0.1) is 0 Å². The monoisotopic (exact) mass is 336 g/mol. The summed E-state index contributed by atoms with van der Waals surface area (Å²) in [7, 11) is 0. The molecule has 2 rings (SSSR count). The number of hydrogen-bond donors (Lipinski definition) is 1. The third-order valence-electron chi connectivity index (χ3n) is 3.64. The average molecular weight is 337 g/mol. The van der Waals surface area contributed by atoms with Crippen molar-refractivity contribution in [2.45, 2.75) is 45.4 Å². The second-order valence-electron chi connectivity index (χ2n) is 5.06. The maximum absolute atomic E-state index is 6.00. The molecule has 0 spiro atoms. The van der Waals surface area contributed by atoms with Gasteiger partial charge in [-0.05, 0) is 30.5 Å². The molecular weight excluding hydrogens is 316 g/mol. The summed E-state index contributed by atoms with van der Waals surface area (Å²) in [5, 5.41) is 4.23. The Morgan fingerprint density at radius 1 is 1.35 bits per heavy atom. The molecule has 2 N–H and O–H groups in total. The van der Waals surface area contributed by atoms with Crippen LogP contribution in [0.25, 0.3) is 11.1 Å². The maximum atomic E-state index is 6.00. The average Bonchev–Trinajstić information content (AvgIpc) is 2.82. The van der Waals surface area contributed by atoms with E-state index < -0.39 is 0 Å². The summed E-state index contributed by atoms with van der Waals surface area (Å²) in [6.07, 6.45) is 4.56. The van der Waals surface area contributed by atoms with Crippen LogP contribution in [0.4, 0.5) is 5.88 Å². The van der Waals surface area contributed by atoms with Gasteiger partial charge < -0.3 is 10.3 Å². The minimum absolute atomic E-state index is 0.407. The molecule has 0 aliphatic rings. The van der Waals surface area contributed by atoms with Gasteiger partial charge in [-0.2, -0.15) is 0 Å². The molecule has 0 bridgehead atoms. The maximum Gasteiger partial charge on any atom is 0.230 e. The van der Waals surface area contributed by atoms with Crippen LogP contribution in [0.5, 0.6) is 0 Å². The first-order valence-electron chi connectivity index (χ1n) is 7.18. The Bertz CT molecular complexity index is 565. The van der Waals surface area contributed by atoms with Crippen LogP contribution in [0.3, 0.4) is 0 Å². The van der Waals surface area contributed by atoms with E-state index in [1.165, 1.54) is 12.8 Å². The number of anilines is 1. The van der Waals surface area contributed by atoms with E-state index in [0.717, 1.165) is 34.1 Å². The molecule has 108 valence electrons. The lowest BCUT2D eigenvalue weighted by Crippen LogP contribution is -2.00. The topological polar surface area (TPSA) is 52.0 Å². The highest BCUT2D eigenvalue weighted by atomic mass is 79.9. The first-order valence-corrected chi connectivity index (χ1v) is 7.97. The Morgan fingerprint density at radius 3 is 2.80 bits per heavy atom. The smallest absolute Gasteiger partial charge is 0.230 e. The van der Waals surface area contributed by atoms with Crippen molar-refractivity contribution in [3.8, 4) is 11.1 Å². The molecule has 2 aromatic rings. The second kappa shape index (κ2) is 6.93. The molecule has 20 heavy (non-hydrogen) atoms. The van der Waals surface area contributed by atoms with Crippen molar-refractivity contribution in [3.63, 3.8) is 0 Å². The number of nitrogen functional groups attached to an aromatic ring is 1. The summed E-state index contributed by atoms with van der Waals surface area (Å²) in [5.74, 6) is 0.818. The van der Waals surface area contributed by atoms with Crippen LogP contribution in [0.15, 0.2) is 33.3 Å². The summed E-state index contributed by atoms with van der Waals surface area (Å²) in [4.78, 5) is 0. The number of rotatable bonds is 6. The van der Waals surface area contributed by atoms with Gasteiger partial charge in [0.1, 0.15) is 0 Å². The molecule has 0 aliphatic heterocycles. The highest BCUT2D eigenvalue weighted by Gasteiger charge is 2.22. The highest BCUT2D eigenvalue weighted by Crippen LogP contribution is 2.37. The number of halogens is 1. The van der Waals surface area contributed by atoms with E-state index in [-0.39, 0.29) is 0 Å². The lowest BCUT2D eigenvalue weighted by atomic mass is 9.91. The van der Waals surface area contributed by atoms with Crippen LogP contribution in [-0.2, 0) is 0 Å². The van der Waals surface area contributed by atoms with E-state index in [1.807, 2.05) is 18.2 Å². The number of aromatic nitrogens is 1. The van der Waals surface area contributed by atoms with Gasteiger partial charge >= 0.3 is 0 Å². The third kappa shape index (κ3) is 3.23. The van der Waals surface area contributed by atoms with Gasteiger partial charge in [0.25, 0.3) is 0 Å². The van der Waals surface area contributed by atoms with Gasteiger partial charge in [-0.25, -0.2) is 0 Å². The summed E-state index contributed by atoms with van der Waals surface area (Å²) >= 11 is 3.50. The first-order chi connectivity index (χ1) is 9.67. The molecule has 0 fully saturated rings. The van der Waals surface area contributed by atoms with Gasteiger partial charge in [0.05, 0.1) is 11.3 Å². The zero-order valence-electron chi connectivity index (χ0n) is 12.0. The highest BCUT2D eigenvalue weighted by molar-refractivity contribution is 9.10. The minimum atomic E-state index is 0.407. The van der Waals surface area contributed by atoms with Gasteiger partial charge in [0.15, 0.2) is 0 Å². The Labute approximate surface area is 128 Å². The molecule has 0 saturated heterocycles. The summed E-state index contributed by atoms with van der Waals surface area (Å²) < 4.78 is 6.30. The Hall–Kier alpha value is -1.29. The van der Waals surface area contributed by atoms with E-state index in [2.05, 4.69) is 41.0 Å². The van der Waals surface area contributed by atoms with Crippen LogP contribution in [0.2, 0.25) is 0 Å². The van der Waals surface area contributed by atoms with Crippen LogP contribution in [0.1, 0.15) is 51.1 Å². The largest absolute Gasteiger partial charge is 0.367 e. The Kier molecular flexibility index (Phi) is 5.24. The predicted octanol–water partition coefficient (Wildman–Crippen LogP) is 5.37. The van der Waals surface area contributed by atoms with Crippen molar-refractivity contribution in [1.82, 2.24) is 5.16 Å². The van der Waals surface area contributed by atoms with Crippen LogP contribution < -0.4 is 5.73 Å². The van der Waals surface area contributed by atoms with E-state index in [0.29, 0.717) is 11.8 Å². The van der Waals surface area contributed by atoms with E-state index in [9.17, 15) is 0 Å². The second-order valence-corrected chi connectivity index (χ2v) is 5.98. The van der Waals surface area contributed by atoms with E-state index in [4.69, 9.17) is 10.3 Å². The van der Waals surface area contributed by atoms with Gasteiger partial charge in [-0.15, -0.1) is 0 Å². The van der Waals surface area contributed by atoms with Crippen LogP contribution in [-0.4, -0.2) is 5.16 Å². The third-order valence-corrected chi connectivity index (χ3v) is 4.14. The lowest BCUT2D eigenvalue weighted by molar-refractivity contribution is 0.412. The number of unbranched alkanes of at least 4 members (excludes halogenated alkanes) is 1. The molecule has 0 saturated carbocycles. The van der Waals surface area contributed by atoms with Crippen molar-refractivity contribution in [3.05, 3.63) is 34.4 Å². The summed E-state index contributed by atoms with van der Waals surface area (Å²) in [5.41, 5.74) is 9.01. The molecule has 3 nitrogen and oxygen atoms in total. The lowest BCUT2D eigenvalue weighted by Gasteiger charge is -2.13. The fourth-order valence-corrected chi connectivity index (χ4v) is 2.91. The Balaban J connectivity index is 2.40. The number of nitrogens with zero attached hydrogens (tertiary/aromatic N) is 1. The first kappa shape index (κ1) is 15.1. The summed E-state index contributed by atoms with van der Waals surface area (Å²) in [6.45, 7) is 4.40. The fourth-order valence-electron chi connectivity index (χ4n) is 2.51. The van der Waals surface area contributed by atoms with Gasteiger partial charge in [0.2, 0.25) is 5.88 Å². The van der Waals surface area contributed by atoms with E-state index >= 15 is 0 Å². The van der Waals surface area contributed by atoms with Crippen LogP contribution >= 0.6 is 15.9 Å². The number of benzene rings is 1. The Morgan fingerprint density at radius 2 is 2.15 bits per heavy atom. The SMILES string of the molecule is CCCCC(CC)c1noc(N)c1-c1cccc(Br)c1. The fraction of sp³-hybridized carbons (Fsp3) is 0.438. The molecule has 0 amide bonds. The van der Waals surface area contributed by atoms with Crippen molar-refractivity contribution in [1.29, 1.82) is 0 Å². The molecular formula is C16H21BrN2O. The zero-order valence-corrected chi connectivity index (χ0v) is 13.6.